The van der Waals surface area contributed by atoms with Gasteiger partial charge in [-0.05, 0) is 39.2 Å². The summed E-state index contributed by atoms with van der Waals surface area (Å²) in [5, 5.41) is 9.21. The van der Waals surface area contributed by atoms with Gasteiger partial charge >= 0.3 is 5.97 Å². The van der Waals surface area contributed by atoms with E-state index in [0.717, 1.165) is 17.9 Å². The molecular weight excluding hydrogens is 260 g/mol. The summed E-state index contributed by atoms with van der Waals surface area (Å²) in [5.41, 5.74) is 1.73. The Labute approximate surface area is 116 Å². The first-order valence-corrected chi connectivity index (χ1v) is 7.32. The normalized spacial score (nSPS) is 12.0. The zero-order valence-electron chi connectivity index (χ0n) is 11.6. The van der Waals surface area contributed by atoms with Crippen LogP contribution in [0.3, 0.4) is 0 Å². The number of aryl methyl sites for hydroxylation is 1. The molecule has 0 fully saturated rings. The fourth-order valence-electron chi connectivity index (χ4n) is 2.08. The lowest BCUT2D eigenvalue weighted by atomic mass is 10.1. The highest BCUT2D eigenvalue weighted by atomic mass is 32.2. The van der Waals surface area contributed by atoms with Gasteiger partial charge in [-0.1, -0.05) is 6.07 Å². The SMILES string of the molecule is CSC(C)(C)Cn1c(C)nc2c(C(=O)O)cccc21. The molecule has 0 bridgehead atoms. The number of hydrogen-bond donors (Lipinski definition) is 1. The molecule has 0 radical (unpaired) electrons. The van der Waals surface area contributed by atoms with Crippen LogP contribution in [0.4, 0.5) is 0 Å². The molecule has 0 aliphatic heterocycles. The molecule has 0 aliphatic rings. The number of para-hydroxylation sites is 1. The third-order valence-corrected chi connectivity index (χ3v) is 4.53. The Bertz CT molecular complexity index is 632. The Kier molecular flexibility index (Phi) is 3.58. The van der Waals surface area contributed by atoms with E-state index in [9.17, 15) is 9.90 Å². The van der Waals surface area contributed by atoms with Gasteiger partial charge in [-0.25, -0.2) is 9.78 Å². The molecule has 0 unspecified atom stereocenters. The van der Waals surface area contributed by atoms with Crippen LogP contribution in [0.1, 0.15) is 30.0 Å². The molecule has 0 amide bonds. The van der Waals surface area contributed by atoms with Crippen LogP contribution in [0.25, 0.3) is 11.0 Å². The quantitative estimate of drug-likeness (QED) is 0.933. The Morgan fingerprint density at radius 2 is 2.16 bits per heavy atom. The summed E-state index contributed by atoms with van der Waals surface area (Å²) < 4.78 is 2.18. The van der Waals surface area contributed by atoms with Gasteiger partial charge in [0.05, 0.1) is 11.1 Å². The number of carboxylic acids is 1. The minimum Gasteiger partial charge on any atom is -0.478 e. The van der Waals surface area contributed by atoms with Gasteiger partial charge in [0.2, 0.25) is 0 Å². The van der Waals surface area contributed by atoms with E-state index < -0.39 is 5.97 Å². The predicted molar refractivity (Wildman–Crippen MR) is 79.0 cm³/mol. The summed E-state index contributed by atoms with van der Waals surface area (Å²) in [6.07, 6.45) is 2.08. The fraction of sp³-hybridized carbons (Fsp3) is 0.429. The molecular formula is C14H18N2O2S. The van der Waals surface area contributed by atoms with E-state index in [4.69, 9.17) is 0 Å². The predicted octanol–water partition coefficient (Wildman–Crippen LogP) is 3.18. The molecule has 0 spiro atoms. The molecule has 0 saturated carbocycles. The van der Waals surface area contributed by atoms with Crippen molar-refractivity contribution in [2.75, 3.05) is 6.26 Å². The second kappa shape index (κ2) is 4.89. The van der Waals surface area contributed by atoms with Gasteiger partial charge in [-0.2, -0.15) is 11.8 Å². The Morgan fingerprint density at radius 1 is 1.47 bits per heavy atom. The Morgan fingerprint density at radius 3 is 2.74 bits per heavy atom. The number of rotatable bonds is 4. The third-order valence-electron chi connectivity index (χ3n) is 3.29. The minimum atomic E-state index is -0.931. The first-order valence-electron chi connectivity index (χ1n) is 6.10. The topological polar surface area (TPSA) is 55.1 Å². The van der Waals surface area contributed by atoms with E-state index in [1.807, 2.05) is 13.0 Å². The van der Waals surface area contributed by atoms with Crippen molar-refractivity contribution < 1.29 is 9.90 Å². The summed E-state index contributed by atoms with van der Waals surface area (Å²) >= 11 is 1.79. The lowest BCUT2D eigenvalue weighted by Crippen LogP contribution is -2.23. The summed E-state index contributed by atoms with van der Waals surface area (Å²) in [7, 11) is 0. The molecule has 102 valence electrons. The molecule has 2 rings (SSSR count). The van der Waals surface area contributed by atoms with E-state index in [1.165, 1.54) is 0 Å². The largest absolute Gasteiger partial charge is 0.478 e. The molecule has 1 N–H and O–H groups in total. The van der Waals surface area contributed by atoms with E-state index >= 15 is 0 Å². The number of carbonyl (C=O) groups is 1. The molecule has 1 heterocycles. The lowest BCUT2D eigenvalue weighted by Gasteiger charge is -2.23. The van der Waals surface area contributed by atoms with E-state index in [0.29, 0.717) is 5.52 Å². The van der Waals surface area contributed by atoms with Crippen molar-refractivity contribution in [1.82, 2.24) is 9.55 Å². The smallest absolute Gasteiger partial charge is 0.337 e. The van der Waals surface area contributed by atoms with Gasteiger partial charge in [0.1, 0.15) is 11.3 Å². The number of hydrogen-bond acceptors (Lipinski definition) is 3. The van der Waals surface area contributed by atoms with Crippen LogP contribution in [-0.4, -0.2) is 31.6 Å². The van der Waals surface area contributed by atoms with Crippen molar-refractivity contribution in [2.45, 2.75) is 32.1 Å². The van der Waals surface area contributed by atoms with Gasteiger partial charge in [0, 0.05) is 11.3 Å². The third kappa shape index (κ3) is 2.61. The van der Waals surface area contributed by atoms with Crippen LogP contribution in [-0.2, 0) is 6.54 Å². The minimum absolute atomic E-state index is 0.0810. The van der Waals surface area contributed by atoms with Crippen molar-refractivity contribution in [2.24, 2.45) is 0 Å². The fourth-order valence-corrected chi connectivity index (χ4v) is 2.34. The van der Waals surface area contributed by atoms with Crippen LogP contribution >= 0.6 is 11.8 Å². The molecule has 5 heteroatoms. The standard InChI is InChI=1S/C14H18N2O2S/c1-9-15-12-10(13(17)18)6-5-7-11(12)16(9)8-14(2,3)19-4/h5-7H,8H2,1-4H3,(H,17,18). The van der Waals surface area contributed by atoms with Crippen LogP contribution in [0.15, 0.2) is 18.2 Å². The number of carboxylic acid groups (broad SMARTS) is 1. The highest BCUT2D eigenvalue weighted by Gasteiger charge is 2.21. The van der Waals surface area contributed by atoms with E-state index in [-0.39, 0.29) is 10.3 Å². The zero-order chi connectivity index (χ0) is 14.2. The highest BCUT2D eigenvalue weighted by Crippen LogP contribution is 2.27. The van der Waals surface area contributed by atoms with Crippen molar-refractivity contribution >= 4 is 28.8 Å². The molecule has 0 saturated heterocycles. The molecule has 4 nitrogen and oxygen atoms in total. The van der Waals surface area contributed by atoms with Gasteiger partial charge < -0.3 is 9.67 Å². The van der Waals surface area contributed by atoms with Crippen molar-refractivity contribution in [3.63, 3.8) is 0 Å². The number of thioether (sulfide) groups is 1. The van der Waals surface area contributed by atoms with Crippen molar-refractivity contribution in [3.05, 3.63) is 29.6 Å². The van der Waals surface area contributed by atoms with Crippen LogP contribution in [0.2, 0.25) is 0 Å². The zero-order valence-corrected chi connectivity index (χ0v) is 12.4. The number of nitrogens with zero attached hydrogens (tertiary/aromatic N) is 2. The average Bonchev–Trinajstić information content (AvgIpc) is 2.65. The van der Waals surface area contributed by atoms with Crippen molar-refractivity contribution in [3.8, 4) is 0 Å². The maximum absolute atomic E-state index is 11.2. The Balaban J connectivity index is 2.60. The summed E-state index contributed by atoms with van der Waals surface area (Å²) in [6.45, 7) is 7.07. The van der Waals surface area contributed by atoms with Gasteiger partial charge in [-0.15, -0.1) is 0 Å². The number of aromatic nitrogens is 2. The first kappa shape index (κ1) is 13.9. The molecule has 0 aliphatic carbocycles. The second-order valence-electron chi connectivity index (χ2n) is 5.19. The average molecular weight is 278 g/mol. The first-order chi connectivity index (χ1) is 8.85. The van der Waals surface area contributed by atoms with Crippen LogP contribution < -0.4 is 0 Å². The number of aromatic carboxylic acids is 1. The number of imidazole rings is 1. The lowest BCUT2D eigenvalue weighted by molar-refractivity contribution is 0.0699. The van der Waals surface area contributed by atoms with E-state index in [1.54, 1.807) is 23.9 Å². The van der Waals surface area contributed by atoms with Crippen LogP contribution in [0.5, 0.6) is 0 Å². The van der Waals surface area contributed by atoms with Crippen LogP contribution in [0, 0.1) is 6.92 Å². The van der Waals surface area contributed by atoms with Gasteiger partial charge in [0.15, 0.2) is 0 Å². The second-order valence-corrected chi connectivity index (χ2v) is 6.70. The van der Waals surface area contributed by atoms with Gasteiger partial charge in [0.25, 0.3) is 0 Å². The summed E-state index contributed by atoms with van der Waals surface area (Å²) in [4.78, 5) is 15.6. The molecule has 1 aromatic heterocycles. The molecule has 2 aromatic rings. The summed E-state index contributed by atoms with van der Waals surface area (Å²) in [5.74, 6) is -0.0785. The molecule has 1 aromatic carbocycles. The number of benzene rings is 1. The highest BCUT2D eigenvalue weighted by molar-refractivity contribution is 7.99. The van der Waals surface area contributed by atoms with Gasteiger partial charge in [-0.3, -0.25) is 0 Å². The molecule has 19 heavy (non-hydrogen) atoms. The maximum atomic E-state index is 11.2. The van der Waals surface area contributed by atoms with E-state index in [2.05, 4.69) is 29.7 Å². The maximum Gasteiger partial charge on any atom is 0.337 e. The Hall–Kier alpha value is -1.49. The molecule has 0 atom stereocenters. The monoisotopic (exact) mass is 278 g/mol. The van der Waals surface area contributed by atoms with Crippen molar-refractivity contribution in [1.29, 1.82) is 0 Å². The summed E-state index contributed by atoms with van der Waals surface area (Å²) in [6, 6.07) is 5.30. The number of fused-ring (bicyclic) bond motifs is 1.